The van der Waals surface area contributed by atoms with Gasteiger partial charge in [0.25, 0.3) is 0 Å². The van der Waals surface area contributed by atoms with E-state index in [0.29, 0.717) is 0 Å². The van der Waals surface area contributed by atoms with Gasteiger partial charge in [0.1, 0.15) is 0 Å². The Kier molecular flexibility index (Phi) is 3.99. The summed E-state index contributed by atoms with van der Waals surface area (Å²) in [4.78, 5) is 0. The minimum absolute atomic E-state index is 0.919. The molecule has 2 nitrogen and oxygen atoms in total. The van der Waals surface area contributed by atoms with Gasteiger partial charge in [0.15, 0.2) is 0 Å². The molecule has 90 valence electrons. The van der Waals surface area contributed by atoms with Gasteiger partial charge in [-0.1, -0.05) is 24.3 Å². The molecule has 2 aromatic rings. The SMILES string of the molecule is C=CCCCn1c(CNC)cc2ccccc21. The van der Waals surface area contributed by atoms with E-state index in [-0.39, 0.29) is 0 Å². The van der Waals surface area contributed by atoms with Crippen LogP contribution in [0.2, 0.25) is 0 Å². The topological polar surface area (TPSA) is 17.0 Å². The van der Waals surface area contributed by atoms with Gasteiger partial charge in [0.2, 0.25) is 0 Å². The first-order valence-electron chi connectivity index (χ1n) is 6.19. The lowest BCUT2D eigenvalue weighted by Crippen LogP contribution is -2.11. The number of unbranched alkanes of at least 4 members (excludes halogenated alkanes) is 1. The third-order valence-electron chi connectivity index (χ3n) is 3.04. The van der Waals surface area contributed by atoms with Crippen molar-refractivity contribution < 1.29 is 0 Å². The Morgan fingerprint density at radius 2 is 2.18 bits per heavy atom. The Balaban J connectivity index is 2.33. The van der Waals surface area contributed by atoms with E-state index >= 15 is 0 Å². The van der Waals surface area contributed by atoms with Gasteiger partial charge in [-0.05, 0) is 37.4 Å². The number of benzene rings is 1. The number of allylic oxidation sites excluding steroid dienone is 1. The second-order valence-corrected chi connectivity index (χ2v) is 4.31. The van der Waals surface area contributed by atoms with E-state index in [4.69, 9.17) is 0 Å². The lowest BCUT2D eigenvalue weighted by Gasteiger charge is -2.09. The molecule has 2 rings (SSSR count). The second-order valence-electron chi connectivity index (χ2n) is 4.31. The van der Waals surface area contributed by atoms with Crippen molar-refractivity contribution in [1.82, 2.24) is 9.88 Å². The fourth-order valence-corrected chi connectivity index (χ4v) is 2.25. The van der Waals surface area contributed by atoms with Crippen LogP contribution < -0.4 is 5.32 Å². The highest BCUT2D eigenvalue weighted by atomic mass is 15.0. The molecule has 0 atom stereocenters. The summed E-state index contributed by atoms with van der Waals surface area (Å²) < 4.78 is 2.41. The number of fused-ring (bicyclic) bond motifs is 1. The van der Waals surface area contributed by atoms with E-state index in [1.54, 1.807) is 0 Å². The molecular formula is C15H20N2. The van der Waals surface area contributed by atoms with Crippen LogP contribution >= 0.6 is 0 Å². The van der Waals surface area contributed by atoms with Crippen LogP contribution in [0.3, 0.4) is 0 Å². The Morgan fingerprint density at radius 1 is 1.35 bits per heavy atom. The molecule has 0 aliphatic rings. The standard InChI is InChI=1S/C15H20N2/c1-3-4-7-10-17-14(12-16-2)11-13-8-5-6-9-15(13)17/h3,5-6,8-9,11,16H,1,4,7,10,12H2,2H3. The molecule has 0 saturated carbocycles. The number of nitrogens with zero attached hydrogens (tertiary/aromatic N) is 1. The summed E-state index contributed by atoms with van der Waals surface area (Å²) in [5.74, 6) is 0. The molecule has 0 aliphatic carbocycles. The zero-order valence-corrected chi connectivity index (χ0v) is 10.4. The lowest BCUT2D eigenvalue weighted by atomic mass is 10.2. The fourth-order valence-electron chi connectivity index (χ4n) is 2.25. The average molecular weight is 228 g/mol. The van der Waals surface area contributed by atoms with Gasteiger partial charge in [-0.15, -0.1) is 6.58 Å². The first kappa shape index (κ1) is 11.9. The summed E-state index contributed by atoms with van der Waals surface area (Å²) in [6, 6.07) is 10.9. The van der Waals surface area contributed by atoms with Crippen LogP contribution in [0.1, 0.15) is 18.5 Å². The summed E-state index contributed by atoms with van der Waals surface area (Å²) in [5, 5.41) is 4.56. The van der Waals surface area contributed by atoms with Gasteiger partial charge in [-0.25, -0.2) is 0 Å². The predicted octanol–water partition coefficient (Wildman–Crippen LogP) is 3.33. The van der Waals surface area contributed by atoms with E-state index in [2.05, 4.69) is 46.8 Å². The Hall–Kier alpha value is -1.54. The second kappa shape index (κ2) is 5.69. The first-order chi connectivity index (χ1) is 8.36. The van der Waals surface area contributed by atoms with Gasteiger partial charge in [0.05, 0.1) is 0 Å². The van der Waals surface area contributed by atoms with Crippen molar-refractivity contribution >= 4 is 10.9 Å². The normalized spacial score (nSPS) is 10.9. The highest BCUT2D eigenvalue weighted by Crippen LogP contribution is 2.20. The van der Waals surface area contributed by atoms with Crippen molar-refractivity contribution in [2.75, 3.05) is 7.05 Å². The number of nitrogens with one attached hydrogen (secondary N) is 1. The summed E-state index contributed by atoms with van der Waals surface area (Å²) in [7, 11) is 1.99. The van der Waals surface area contributed by atoms with Crippen molar-refractivity contribution in [3.8, 4) is 0 Å². The van der Waals surface area contributed by atoms with Crippen LogP contribution in [-0.4, -0.2) is 11.6 Å². The minimum Gasteiger partial charge on any atom is -0.343 e. The van der Waals surface area contributed by atoms with Gasteiger partial charge in [-0.2, -0.15) is 0 Å². The molecule has 0 spiro atoms. The van der Waals surface area contributed by atoms with Crippen LogP contribution in [0.4, 0.5) is 0 Å². The molecule has 1 aromatic heterocycles. The van der Waals surface area contributed by atoms with Crippen LogP contribution in [0.25, 0.3) is 10.9 Å². The van der Waals surface area contributed by atoms with Gasteiger partial charge in [0, 0.05) is 24.3 Å². The lowest BCUT2D eigenvalue weighted by molar-refractivity contribution is 0.625. The van der Waals surface area contributed by atoms with E-state index in [1.807, 2.05) is 13.1 Å². The molecule has 0 saturated heterocycles. The maximum atomic E-state index is 3.78. The third-order valence-corrected chi connectivity index (χ3v) is 3.04. The molecule has 0 unspecified atom stereocenters. The molecule has 2 heteroatoms. The number of para-hydroxylation sites is 1. The maximum Gasteiger partial charge on any atom is 0.0482 e. The Morgan fingerprint density at radius 3 is 2.94 bits per heavy atom. The molecule has 0 fully saturated rings. The summed E-state index contributed by atoms with van der Waals surface area (Å²) in [6.07, 6.45) is 4.22. The van der Waals surface area contributed by atoms with E-state index in [0.717, 1.165) is 25.9 Å². The molecule has 1 N–H and O–H groups in total. The zero-order valence-electron chi connectivity index (χ0n) is 10.4. The van der Waals surface area contributed by atoms with E-state index in [9.17, 15) is 0 Å². The Bertz CT molecular complexity index is 497. The molecule has 17 heavy (non-hydrogen) atoms. The van der Waals surface area contributed by atoms with Crippen LogP contribution in [0.15, 0.2) is 43.0 Å². The Labute approximate surface area is 103 Å². The van der Waals surface area contributed by atoms with Crippen molar-refractivity contribution in [3.05, 3.63) is 48.7 Å². The molecular weight excluding hydrogens is 208 g/mol. The van der Waals surface area contributed by atoms with E-state index < -0.39 is 0 Å². The quantitative estimate of drug-likeness (QED) is 0.593. The van der Waals surface area contributed by atoms with Crippen LogP contribution in [0, 0.1) is 0 Å². The van der Waals surface area contributed by atoms with Crippen molar-refractivity contribution in [1.29, 1.82) is 0 Å². The highest BCUT2D eigenvalue weighted by Gasteiger charge is 2.06. The minimum atomic E-state index is 0.919. The van der Waals surface area contributed by atoms with Gasteiger partial charge < -0.3 is 9.88 Å². The van der Waals surface area contributed by atoms with Crippen molar-refractivity contribution in [2.45, 2.75) is 25.9 Å². The van der Waals surface area contributed by atoms with Crippen molar-refractivity contribution in [2.24, 2.45) is 0 Å². The smallest absolute Gasteiger partial charge is 0.0482 e. The fraction of sp³-hybridized carbons (Fsp3) is 0.333. The van der Waals surface area contributed by atoms with Crippen LogP contribution in [-0.2, 0) is 13.1 Å². The maximum absolute atomic E-state index is 3.78. The number of aryl methyl sites for hydroxylation is 1. The molecule has 0 radical (unpaired) electrons. The molecule has 0 bridgehead atoms. The van der Waals surface area contributed by atoms with E-state index in [1.165, 1.54) is 16.6 Å². The monoisotopic (exact) mass is 228 g/mol. The van der Waals surface area contributed by atoms with Gasteiger partial charge >= 0.3 is 0 Å². The largest absolute Gasteiger partial charge is 0.343 e. The summed E-state index contributed by atoms with van der Waals surface area (Å²) in [6.45, 7) is 5.76. The number of aromatic nitrogens is 1. The summed E-state index contributed by atoms with van der Waals surface area (Å²) in [5.41, 5.74) is 2.69. The third kappa shape index (κ3) is 2.59. The van der Waals surface area contributed by atoms with Gasteiger partial charge in [-0.3, -0.25) is 0 Å². The molecule has 0 aliphatic heterocycles. The predicted molar refractivity (Wildman–Crippen MR) is 74.1 cm³/mol. The van der Waals surface area contributed by atoms with Crippen molar-refractivity contribution in [3.63, 3.8) is 0 Å². The average Bonchev–Trinajstić information content (AvgIpc) is 2.69. The molecule has 1 aromatic carbocycles. The highest BCUT2D eigenvalue weighted by molar-refractivity contribution is 5.81. The molecule has 1 heterocycles. The molecule has 0 amide bonds. The number of hydrogen-bond donors (Lipinski definition) is 1. The number of rotatable bonds is 6. The van der Waals surface area contributed by atoms with Crippen LogP contribution in [0.5, 0.6) is 0 Å². The summed E-state index contributed by atoms with van der Waals surface area (Å²) >= 11 is 0. The first-order valence-corrected chi connectivity index (χ1v) is 6.19. The number of hydrogen-bond acceptors (Lipinski definition) is 1. The zero-order chi connectivity index (χ0) is 12.1.